The summed E-state index contributed by atoms with van der Waals surface area (Å²) in [5.41, 5.74) is 4.84. The summed E-state index contributed by atoms with van der Waals surface area (Å²) in [7, 11) is 0. The molecule has 1 aliphatic carbocycles. The van der Waals surface area contributed by atoms with E-state index in [0.717, 1.165) is 43.5 Å². The van der Waals surface area contributed by atoms with Crippen molar-refractivity contribution in [3.05, 3.63) is 69.1 Å². The lowest BCUT2D eigenvalue weighted by molar-refractivity contribution is 0.143. The molecule has 158 valence electrons. The van der Waals surface area contributed by atoms with E-state index in [1.807, 2.05) is 22.8 Å². The number of nitrogens with zero attached hydrogens (tertiary/aromatic N) is 3. The molecule has 0 bridgehead atoms. The van der Waals surface area contributed by atoms with E-state index < -0.39 is 0 Å². The lowest BCUT2D eigenvalue weighted by Crippen LogP contribution is -2.39. The van der Waals surface area contributed by atoms with Gasteiger partial charge in [0.05, 0.1) is 11.0 Å². The molecule has 1 aliphatic heterocycles. The van der Waals surface area contributed by atoms with Crippen LogP contribution in [0.3, 0.4) is 0 Å². The van der Waals surface area contributed by atoms with E-state index in [4.69, 9.17) is 11.6 Å². The Morgan fingerprint density at radius 2 is 1.70 bits per heavy atom. The average molecular weight is 424 g/mol. The molecule has 2 heterocycles. The van der Waals surface area contributed by atoms with E-state index in [0.29, 0.717) is 17.0 Å². The zero-order chi connectivity index (χ0) is 20.8. The van der Waals surface area contributed by atoms with Gasteiger partial charge in [-0.2, -0.15) is 0 Å². The minimum atomic E-state index is 0.143. The van der Waals surface area contributed by atoms with E-state index in [1.165, 1.54) is 24.0 Å². The molecule has 1 atom stereocenters. The molecule has 1 aromatic heterocycles. The van der Waals surface area contributed by atoms with Crippen LogP contribution in [0.15, 0.2) is 47.3 Å². The highest BCUT2D eigenvalue weighted by Gasteiger charge is 2.29. The number of aryl methyl sites for hydroxylation is 1. The zero-order valence-corrected chi connectivity index (χ0v) is 18.6. The van der Waals surface area contributed by atoms with Crippen LogP contribution in [0.5, 0.6) is 0 Å². The number of hydrogen-bond donors (Lipinski definition) is 0. The Morgan fingerprint density at radius 1 is 1.00 bits per heavy atom. The van der Waals surface area contributed by atoms with Gasteiger partial charge in [-0.1, -0.05) is 41.4 Å². The van der Waals surface area contributed by atoms with Crippen LogP contribution in [0.25, 0.3) is 11.0 Å². The van der Waals surface area contributed by atoms with Crippen molar-refractivity contribution in [2.75, 3.05) is 13.1 Å². The molecule has 0 radical (unpaired) electrons. The van der Waals surface area contributed by atoms with E-state index in [1.54, 1.807) is 0 Å². The predicted octanol–water partition coefficient (Wildman–Crippen LogP) is 5.57. The lowest BCUT2D eigenvalue weighted by atomic mass is 9.99. The number of imidazole rings is 1. The second-order valence-corrected chi connectivity index (χ2v) is 9.63. The maximum atomic E-state index is 13.4. The van der Waals surface area contributed by atoms with Crippen LogP contribution in [0.2, 0.25) is 5.02 Å². The Balaban J connectivity index is 1.39. The van der Waals surface area contributed by atoms with Gasteiger partial charge >= 0.3 is 5.69 Å². The molecule has 30 heavy (non-hydrogen) atoms. The first kappa shape index (κ1) is 19.9. The van der Waals surface area contributed by atoms with Gasteiger partial charge in [-0.25, -0.2) is 4.79 Å². The van der Waals surface area contributed by atoms with Crippen molar-refractivity contribution in [1.29, 1.82) is 0 Å². The third-order valence-corrected chi connectivity index (χ3v) is 7.27. The predicted molar refractivity (Wildman–Crippen MR) is 123 cm³/mol. The van der Waals surface area contributed by atoms with Crippen molar-refractivity contribution in [2.45, 2.75) is 58.2 Å². The molecular weight excluding hydrogens is 394 g/mol. The van der Waals surface area contributed by atoms with Gasteiger partial charge in [0.2, 0.25) is 0 Å². The lowest BCUT2D eigenvalue weighted by Gasteiger charge is -2.36. The minimum Gasteiger partial charge on any atom is -0.296 e. The van der Waals surface area contributed by atoms with Gasteiger partial charge in [0.15, 0.2) is 0 Å². The van der Waals surface area contributed by atoms with Crippen molar-refractivity contribution in [1.82, 2.24) is 14.0 Å². The van der Waals surface area contributed by atoms with Crippen molar-refractivity contribution in [2.24, 2.45) is 5.92 Å². The van der Waals surface area contributed by atoms with E-state index >= 15 is 0 Å². The SMILES string of the molecule is Cc1ccc(C(C)N2CCC(n3c(=O)n(CC4CC4)c4cc(Cl)ccc43)CC2)cc1. The van der Waals surface area contributed by atoms with Crippen LogP contribution < -0.4 is 5.69 Å². The normalized spacial score (nSPS) is 19.4. The fourth-order valence-electron chi connectivity index (χ4n) is 4.93. The van der Waals surface area contributed by atoms with Gasteiger partial charge in [-0.05, 0) is 69.2 Å². The molecule has 0 N–H and O–H groups in total. The van der Waals surface area contributed by atoms with Crippen LogP contribution in [0.4, 0.5) is 0 Å². The minimum absolute atomic E-state index is 0.143. The summed E-state index contributed by atoms with van der Waals surface area (Å²) in [6.45, 7) is 7.27. The summed E-state index contributed by atoms with van der Waals surface area (Å²) in [6, 6.07) is 15.4. The second kappa shape index (κ2) is 7.90. The second-order valence-electron chi connectivity index (χ2n) is 9.19. The van der Waals surface area contributed by atoms with Crippen molar-refractivity contribution < 1.29 is 0 Å². The number of piperidine rings is 1. The van der Waals surface area contributed by atoms with Gasteiger partial charge in [-0.15, -0.1) is 0 Å². The summed E-state index contributed by atoms with van der Waals surface area (Å²) in [4.78, 5) is 15.9. The standard InChI is InChI=1S/C25H30ClN3O/c1-17-3-7-20(8-4-17)18(2)27-13-11-22(12-14-27)29-23-10-9-21(26)15-24(23)28(25(29)30)16-19-5-6-19/h3-4,7-10,15,18-19,22H,5-6,11-14,16H2,1-2H3. The van der Waals surface area contributed by atoms with Crippen molar-refractivity contribution in [3.8, 4) is 0 Å². The van der Waals surface area contributed by atoms with Gasteiger partial charge in [0, 0.05) is 36.7 Å². The van der Waals surface area contributed by atoms with E-state index in [2.05, 4.69) is 47.6 Å². The topological polar surface area (TPSA) is 30.2 Å². The molecule has 5 rings (SSSR count). The maximum absolute atomic E-state index is 13.4. The molecule has 2 fully saturated rings. The molecule has 0 amide bonds. The first-order valence-electron chi connectivity index (χ1n) is 11.2. The molecule has 4 nitrogen and oxygen atoms in total. The third kappa shape index (κ3) is 3.72. The fraction of sp³-hybridized carbons (Fsp3) is 0.480. The molecule has 2 aromatic carbocycles. The largest absolute Gasteiger partial charge is 0.329 e. The van der Waals surface area contributed by atoms with Gasteiger partial charge < -0.3 is 0 Å². The Kier molecular flexibility index (Phi) is 5.24. The van der Waals surface area contributed by atoms with E-state index in [9.17, 15) is 4.79 Å². The van der Waals surface area contributed by atoms with Crippen LogP contribution in [-0.4, -0.2) is 27.1 Å². The molecular formula is C25H30ClN3O. The van der Waals surface area contributed by atoms with Crippen LogP contribution in [-0.2, 0) is 6.54 Å². The Hall–Kier alpha value is -2.04. The monoisotopic (exact) mass is 423 g/mol. The highest BCUT2D eigenvalue weighted by atomic mass is 35.5. The Morgan fingerprint density at radius 3 is 2.37 bits per heavy atom. The van der Waals surface area contributed by atoms with Gasteiger partial charge in [0.25, 0.3) is 0 Å². The molecule has 5 heteroatoms. The summed E-state index contributed by atoms with van der Waals surface area (Å²) < 4.78 is 4.03. The maximum Gasteiger partial charge on any atom is 0.329 e. The summed E-state index contributed by atoms with van der Waals surface area (Å²) in [6.07, 6.45) is 4.46. The van der Waals surface area contributed by atoms with Crippen LogP contribution in [0, 0.1) is 12.8 Å². The van der Waals surface area contributed by atoms with Crippen LogP contribution in [0.1, 0.15) is 55.8 Å². The zero-order valence-electron chi connectivity index (χ0n) is 17.9. The number of fused-ring (bicyclic) bond motifs is 1. The van der Waals surface area contributed by atoms with Crippen LogP contribution >= 0.6 is 11.6 Å². The highest BCUT2D eigenvalue weighted by molar-refractivity contribution is 6.31. The van der Waals surface area contributed by atoms with Gasteiger partial charge in [-0.3, -0.25) is 14.0 Å². The first-order chi connectivity index (χ1) is 14.5. The Bertz CT molecular complexity index is 1100. The Labute approximate surface area is 183 Å². The summed E-state index contributed by atoms with van der Waals surface area (Å²) in [5, 5.41) is 0.700. The smallest absolute Gasteiger partial charge is 0.296 e. The van der Waals surface area contributed by atoms with Gasteiger partial charge in [0.1, 0.15) is 0 Å². The summed E-state index contributed by atoms with van der Waals surface area (Å²) in [5.74, 6) is 0.651. The number of halogens is 1. The van der Waals surface area contributed by atoms with Crippen molar-refractivity contribution in [3.63, 3.8) is 0 Å². The van der Waals surface area contributed by atoms with E-state index in [-0.39, 0.29) is 11.7 Å². The summed E-state index contributed by atoms with van der Waals surface area (Å²) >= 11 is 6.28. The quantitative estimate of drug-likeness (QED) is 0.536. The first-order valence-corrected chi connectivity index (χ1v) is 11.6. The number of rotatable bonds is 5. The average Bonchev–Trinajstić information content (AvgIpc) is 3.53. The third-order valence-electron chi connectivity index (χ3n) is 7.03. The molecule has 1 unspecified atom stereocenters. The number of aromatic nitrogens is 2. The molecule has 1 saturated heterocycles. The molecule has 2 aliphatic rings. The fourth-order valence-corrected chi connectivity index (χ4v) is 5.09. The molecule has 1 saturated carbocycles. The molecule has 3 aromatic rings. The number of likely N-dealkylation sites (tertiary alicyclic amines) is 1. The van der Waals surface area contributed by atoms with Crippen molar-refractivity contribution >= 4 is 22.6 Å². The molecule has 0 spiro atoms. The number of hydrogen-bond acceptors (Lipinski definition) is 2. The number of benzene rings is 2. The highest BCUT2D eigenvalue weighted by Crippen LogP contribution is 2.34.